The fourth-order valence-electron chi connectivity index (χ4n) is 3.90. The summed E-state index contributed by atoms with van der Waals surface area (Å²) in [5.41, 5.74) is -2.96. The maximum absolute atomic E-state index is 9.52. The molecule has 0 aliphatic heterocycles. The van der Waals surface area contributed by atoms with Gasteiger partial charge in [-0.3, -0.25) is 0 Å². The van der Waals surface area contributed by atoms with Crippen LogP contribution >= 0.6 is 0 Å². The minimum Gasteiger partial charge on any atom is -0.309 e. The maximum Gasteiger partial charge on any atom is 0.0667 e. The van der Waals surface area contributed by atoms with E-state index in [1.807, 2.05) is 0 Å². The molecule has 7 rings (SSSR count). The van der Waals surface area contributed by atoms with Gasteiger partial charge in [-0.1, -0.05) is 78.6 Å². The Labute approximate surface area is 212 Å². The Morgan fingerprint density at radius 1 is 0.406 bits per heavy atom. The molecule has 5 aromatic carbocycles. The van der Waals surface area contributed by atoms with Gasteiger partial charge in [0, 0.05) is 32.9 Å². The SMILES string of the molecule is [2H]c1cc2c3c([2H])c([2H])c([2H])c([2H])c3n(-c3c([2H])c([2H])c([2H])c(-n4c5c([2H])c([2H])c([2H])c([2H])c5c5c([2H])c([2H])c([2H])c([2H])c54)c3[2H])c2c([2H])c1[2H]. The van der Waals surface area contributed by atoms with Crippen molar-refractivity contribution >= 4 is 43.6 Å². The van der Waals surface area contributed by atoms with Crippen LogP contribution in [0.5, 0.6) is 0 Å². The number of nitrogens with zero attached hydrogens (tertiary/aromatic N) is 2. The largest absolute Gasteiger partial charge is 0.309 e. The van der Waals surface area contributed by atoms with Crippen molar-refractivity contribution in [2.75, 3.05) is 0 Å². The second-order valence-corrected chi connectivity index (χ2v) is 6.84. The van der Waals surface area contributed by atoms with Crippen molar-refractivity contribution in [3.63, 3.8) is 0 Å². The summed E-state index contributed by atoms with van der Waals surface area (Å²) in [5.74, 6) is 0. The molecule has 32 heavy (non-hydrogen) atoms. The molecule has 0 radical (unpaired) electrons. The second kappa shape index (κ2) is 6.60. The molecule has 0 bridgehead atoms. The van der Waals surface area contributed by atoms with Crippen LogP contribution in [0.1, 0.15) is 26.0 Å². The minimum atomic E-state index is -0.891. The lowest BCUT2D eigenvalue weighted by molar-refractivity contribution is 1.13. The third kappa shape index (κ3) is 2.35. The highest BCUT2D eigenvalue weighted by atomic mass is 15.0. The Morgan fingerprint density at radius 2 is 0.812 bits per heavy atom. The first kappa shape index (κ1) is 7.11. The van der Waals surface area contributed by atoms with Gasteiger partial charge in [-0.15, -0.1) is 0 Å². The van der Waals surface area contributed by atoms with E-state index in [4.69, 9.17) is 24.7 Å². The Bertz CT molecular complexity index is 2720. The molecule has 0 spiro atoms. The summed E-state index contributed by atoms with van der Waals surface area (Å²) in [4.78, 5) is 0. The van der Waals surface area contributed by atoms with Crippen LogP contribution < -0.4 is 0 Å². The number of fused-ring (bicyclic) bond motifs is 6. The van der Waals surface area contributed by atoms with Gasteiger partial charge in [-0.25, -0.2) is 0 Å². The number of aromatic nitrogens is 2. The lowest BCUT2D eigenvalue weighted by Gasteiger charge is -2.12. The second-order valence-electron chi connectivity index (χ2n) is 6.84. The van der Waals surface area contributed by atoms with Gasteiger partial charge in [-0.2, -0.15) is 0 Å². The van der Waals surface area contributed by atoms with E-state index in [1.54, 1.807) is 0 Å². The van der Waals surface area contributed by atoms with Crippen molar-refractivity contribution in [2.45, 2.75) is 0 Å². The average molecular weight is 428 g/mol. The van der Waals surface area contributed by atoms with E-state index in [1.165, 1.54) is 0 Å². The molecule has 0 amide bonds. The third-order valence-electron chi connectivity index (χ3n) is 5.19. The standard InChI is InChI=1S/C30H20N2/c1-5-16-27-23(12-1)24-13-2-6-17-28(24)31(27)21-10-9-11-22(20-21)32-29-18-7-3-14-25(29)26-15-4-8-19-30(26)32/h1-20H/i1D,2D,3D,4D,5D,6D,7D,8D,9D,10D,11D,12D,13D,14D,16D,17D,18D,19D,20D. The first-order chi connectivity index (χ1) is 23.8. The highest BCUT2D eigenvalue weighted by molar-refractivity contribution is 6.10. The molecule has 0 aliphatic carbocycles. The molecule has 150 valence electrons. The zero-order valence-electron chi connectivity index (χ0n) is 35.0. The number of hydrogen-bond donors (Lipinski definition) is 0. The normalized spacial score (nSPS) is 20.1. The topological polar surface area (TPSA) is 9.86 Å². The average Bonchev–Trinajstić information content (AvgIpc) is 3.62. The van der Waals surface area contributed by atoms with Crippen LogP contribution in [0.15, 0.2) is 121 Å². The van der Waals surface area contributed by atoms with E-state index < -0.39 is 137 Å². The number of benzene rings is 5. The van der Waals surface area contributed by atoms with Crippen molar-refractivity contribution in [3.8, 4) is 11.4 Å². The molecule has 2 heterocycles. The quantitative estimate of drug-likeness (QED) is 0.265. The van der Waals surface area contributed by atoms with Crippen LogP contribution in [0, 0.1) is 0 Å². The fraction of sp³-hybridized carbons (Fsp3) is 0. The van der Waals surface area contributed by atoms with Gasteiger partial charge in [0.2, 0.25) is 0 Å². The summed E-state index contributed by atoms with van der Waals surface area (Å²) in [6, 6.07) is -12.7. The molecule has 0 unspecified atom stereocenters. The minimum absolute atomic E-state index is 0.107. The van der Waals surface area contributed by atoms with Crippen molar-refractivity contribution in [3.05, 3.63) is 121 Å². The number of hydrogen-bond acceptors (Lipinski definition) is 0. The van der Waals surface area contributed by atoms with Crippen LogP contribution in [0.3, 0.4) is 0 Å². The van der Waals surface area contributed by atoms with Crippen molar-refractivity contribution in [1.29, 1.82) is 0 Å². The first-order valence-electron chi connectivity index (χ1n) is 18.9. The predicted molar refractivity (Wildman–Crippen MR) is 135 cm³/mol. The lowest BCUT2D eigenvalue weighted by Crippen LogP contribution is -1.98. The first-order valence-corrected chi connectivity index (χ1v) is 9.42. The molecule has 0 N–H and O–H groups in total. The van der Waals surface area contributed by atoms with E-state index in [-0.39, 0.29) is 32.6 Å². The van der Waals surface area contributed by atoms with Gasteiger partial charge in [0.25, 0.3) is 0 Å². The Balaban J connectivity index is 1.82. The van der Waals surface area contributed by atoms with Crippen molar-refractivity contribution in [1.82, 2.24) is 9.13 Å². The maximum atomic E-state index is 9.52. The molecular weight excluding hydrogens is 388 g/mol. The Morgan fingerprint density at radius 3 is 1.34 bits per heavy atom. The van der Waals surface area contributed by atoms with Gasteiger partial charge < -0.3 is 9.13 Å². The predicted octanol–water partition coefficient (Wildman–Crippen LogP) is 7.88. The molecule has 0 fully saturated rings. The monoisotopic (exact) mass is 427 g/mol. The van der Waals surface area contributed by atoms with Crippen molar-refractivity contribution in [2.24, 2.45) is 0 Å². The van der Waals surface area contributed by atoms with Crippen LogP contribution in [0.2, 0.25) is 0 Å². The Kier molecular flexibility index (Phi) is 1.47. The zero-order chi connectivity index (χ0) is 37.6. The summed E-state index contributed by atoms with van der Waals surface area (Å²) >= 11 is 0. The van der Waals surface area contributed by atoms with Gasteiger partial charge in [0.05, 0.1) is 48.1 Å². The molecule has 2 nitrogen and oxygen atoms in total. The molecule has 0 saturated carbocycles. The fourth-order valence-corrected chi connectivity index (χ4v) is 3.90. The third-order valence-corrected chi connectivity index (χ3v) is 5.19. The van der Waals surface area contributed by atoms with E-state index in [0.29, 0.717) is 0 Å². The van der Waals surface area contributed by atoms with Gasteiger partial charge in [0.1, 0.15) is 0 Å². The smallest absolute Gasteiger partial charge is 0.0667 e. The lowest BCUT2D eigenvalue weighted by atomic mass is 10.2. The summed E-state index contributed by atoms with van der Waals surface area (Å²) in [6.07, 6.45) is 0. The van der Waals surface area contributed by atoms with Crippen LogP contribution in [-0.2, 0) is 0 Å². The summed E-state index contributed by atoms with van der Waals surface area (Å²) in [6.45, 7) is 0. The molecule has 0 atom stereocenters. The molecule has 0 saturated heterocycles. The van der Waals surface area contributed by atoms with Crippen LogP contribution in [-0.4, -0.2) is 9.13 Å². The van der Waals surface area contributed by atoms with Gasteiger partial charge in [0.15, 0.2) is 0 Å². The van der Waals surface area contributed by atoms with Gasteiger partial charge in [-0.05, 0) is 42.3 Å². The highest BCUT2D eigenvalue weighted by Crippen LogP contribution is 2.35. The molecular formula is C30H20N2. The summed E-state index contributed by atoms with van der Waals surface area (Å²) < 4.78 is 166. The summed E-state index contributed by atoms with van der Waals surface area (Å²) in [5, 5.41) is -1.07. The number of para-hydroxylation sites is 4. The van der Waals surface area contributed by atoms with Gasteiger partial charge >= 0.3 is 0 Å². The number of rotatable bonds is 2. The van der Waals surface area contributed by atoms with Crippen molar-refractivity contribution < 1.29 is 26.0 Å². The van der Waals surface area contributed by atoms with E-state index in [9.17, 15) is 1.37 Å². The molecule has 0 aliphatic rings. The van der Waals surface area contributed by atoms with E-state index in [0.717, 1.165) is 15.2 Å². The van der Waals surface area contributed by atoms with E-state index in [2.05, 4.69) is 0 Å². The highest BCUT2D eigenvalue weighted by Gasteiger charge is 2.14. The van der Waals surface area contributed by atoms with E-state index >= 15 is 0 Å². The zero-order valence-corrected chi connectivity index (χ0v) is 16.0. The molecule has 2 aromatic heterocycles. The molecule has 7 aromatic rings. The Hall–Kier alpha value is -4.30. The molecule has 2 heteroatoms. The van der Waals surface area contributed by atoms with Crippen LogP contribution in [0.4, 0.5) is 0 Å². The van der Waals surface area contributed by atoms with Crippen LogP contribution in [0.25, 0.3) is 55.0 Å². The summed E-state index contributed by atoms with van der Waals surface area (Å²) in [7, 11) is 0.